The molecule has 0 unspecified atom stereocenters. The van der Waals surface area contributed by atoms with Crippen molar-refractivity contribution in [2.45, 2.75) is 38.4 Å². The number of alkyl halides is 4. The van der Waals surface area contributed by atoms with Crippen LogP contribution in [0.1, 0.15) is 37.8 Å². The average molecular weight is 388 g/mol. The summed E-state index contributed by atoms with van der Waals surface area (Å²) in [5.74, 6) is -0.212. The lowest BCUT2D eigenvalue weighted by atomic mass is 10.0. The zero-order chi connectivity index (χ0) is 19.7. The van der Waals surface area contributed by atoms with Gasteiger partial charge in [-0.25, -0.2) is 9.69 Å². The lowest BCUT2D eigenvalue weighted by molar-refractivity contribution is -0.137. The molecular weight excluding hydrogens is 371 g/mol. The van der Waals surface area contributed by atoms with Gasteiger partial charge in [-0.15, -0.1) is 11.6 Å². The van der Waals surface area contributed by atoms with Crippen LogP contribution in [-0.2, 0) is 11.0 Å². The Hall–Kier alpha value is -2.27. The highest BCUT2D eigenvalue weighted by atomic mass is 35.5. The number of urea groups is 1. The van der Waals surface area contributed by atoms with Crippen LogP contribution in [0.4, 0.5) is 23.7 Å². The highest BCUT2D eigenvalue weighted by molar-refractivity contribution is 6.23. The summed E-state index contributed by atoms with van der Waals surface area (Å²) in [7, 11) is 0. The molecule has 1 aromatic rings. The first-order valence-electron chi connectivity index (χ1n) is 7.89. The number of benzene rings is 1. The number of amides is 3. The van der Waals surface area contributed by atoms with Gasteiger partial charge in [-0.1, -0.05) is 0 Å². The van der Waals surface area contributed by atoms with Crippen LogP contribution in [0.25, 0.3) is 0 Å². The van der Waals surface area contributed by atoms with E-state index in [9.17, 15) is 22.8 Å². The van der Waals surface area contributed by atoms with E-state index in [-0.39, 0.29) is 12.2 Å². The van der Waals surface area contributed by atoms with Gasteiger partial charge in [0.2, 0.25) is 0 Å². The Kier molecular flexibility index (Phi) is 5.52. The molecule has 2 rings (SSSR count). The third-order valence-corrected chi connectivity index (χ3v) is 4.54. The quantitative estimate of drug-likeness (QED) is 0.433. The summed E-state index contributed by atoms with van der Waals surface area (Å²) in [6.45, 7) is 3.35. The van der Waals surface area contributed by atoms with Crippen molar-refractivity contribution in [3.63, 3.8) is 0 Å². The molecule has 1 aliphatic rings. The smallest absolute Gasteiger partial charge is 0.310 e. The third kappa shape index (κ3) is 3.49. The molecule has 140 valence electrons. The second-order valence-corrected chi connectivity index (χ2v) is 6.75. The Bertz CT molecular complexity index is 771. The van der Waals surface area contributed by atoms with Crippen LogP contribution in [0, 0.1) is 11.3 Å². The number of hydrogen-bond donors (Lipinski definition) is 0. The molecule has 1 aliphatic heterocycles. The zero-order valence-corrected chi connectivity index (χ0v) is 15.0. The molecule has 9 heteroatoms. The number of unbranched alkanes of at least 4 members (excludes halogenated alkanes) is 1. The van der Waals surface area contributed by atoms with Crippen molar-refractivity contribution in [2.24, 2.45) is 0 Å². The van der Waals surface area contributed by atoms with E-state index >= 15 is 0 Å². The highest BCUT2D eigenvalue weighted by Gasteiger charge is 2.51. The monoisotopic (exact) mass is 387 g/mol. The molecule has 1 heterocycles. The van der Waals surface area contributed by atoms with E-state index in [2.05, 4.69) is 0 Å². The maximum absolute atomic E-state index is 13.2. The van der Waals surface area contributed by atoms with E-state index in [4.69, 9.17) is 16.9 Å². The van der Waals surface area contributed by atoms with Gasteiger partial charge in [0.15, 0.2) is 0 Å². The van der Waals surface area contributed by atoms with Gasteiger partial charge in [0, 0.05) is 12.4 Å². The van der Waals surface area contributed by atoms with Crippen LogP contribution in [0.3, 0.4) is 0 Å². The largest absolute Gasteiger partial charge is 0.417 e. The first kappa shape index (κ1) is 20.0. The molecule has 0 aliphatic carbocycles. The molecule has 5 nitrogen and oxygen atoms in total. The molecule has 1 saturated heterocycles. The Morgan fingerprint density at radius 2 is 1.88 bits per heavy atom. The van der Waals surface area contributed by atoms with Crippen LogP contribution in [0.15, 0.2) is 18.2 Å². The Morgan fingerprint density at radius 3 is 2.42 bits per heavy atom. The topological polar surface area (TPSA) is 64.4 Å². The summed E-state index contributed by atoms with van der Waals surface area (Å²) in [5.41, 5.74) is -3.15. The molecule has 3 amide bonds. The fourth-order valence-corrected chi connectivity index (χ4v) is 3.00. The van der Waals surface area contributed by atoms with E-state index in [1.54, 1.807) is 13.8 Å². The van der Waals surface area contributed by atoms with Crippen LogP contribution >= 0.6 is 11.6 Å². The van der Waals surface area contributed by atoms with Gasteiger partial charge in [0.25, 0.3) is 5.91 Å². The summed E-state index contributed by atoms with van der Waals surface area (Å²) in [5, 5.41) is 8.87. The molecule has 0 saturated carbocycles. The number of nitrogens with zero attached hydrogens (tertiary/aromatic N) is 3. The van der Waals surface area contributed by atoms with Crippen LogP contribution in [-0.4, -0.2) is 34.8 Å². The maximum Gasteiger partial charge on any atom is 0.417 e. The van der Waals surface area contributed by atoms with Gasteiger partial charge < -0.3 is 4.90 Å². The Labute approximate surface area is 153 Å². The lowest BCUT2D eigenvalue weighted by Gasteiger charge is -2.27. The lowest BCUT2D eigenvalue weighted by Crippen LogP contribution is -2.44. The van der Waals surface area contributed by atoms with Crippen molar-refractivity contribution in [3.05, 3.63) is 29.3 Å². The highest BCUT2D eigenvalue weighted by Crippen LogP contribution is 2.37. The molecule has 0 bridgehead atoms. The molecule has 26 heavy (non-hydrogen) atoms. The fourth-order valence-electron chi connectivity index (χ4n) is 2.81. The fraction of sp³-hybridized carbons (Fsp3) is 0.471. The van der Waals surface area contributed by atoms with Gasteiger partial charge in [0.05, 0.1) is 22.9 Å². The first-order chi connectivity index (χ1) is 12.1. The van der Waals surface area contributed by atoms with Gasteiger partial charge in [-0.2, -0.15) is 18.4 Å². The van der Waals surface area contributed by atoms with Gasteiger partial charge in [0.1, 0.15) is 5.54 Å². The van der Waals surface area contributed by atoms with Crippen molar-refractivity contribution in [1.29, 1.82) is 5.26 Å². The van der Waals surface area contributed by atoms with E-state index in [1.165, 1.54) is 17.0 Å². The molecule has 0 N–H and O–H groups in total. The van der Waals surface area contributed by atoms with Crippen molar-refractivity contribution in [1.82, 2.24) is 4.90 Å². The zero-order valence-electron chi connectivity index (χ0n) is 14.2. The van der Waals surface area contributed by atoms with Gasteiger partial charge >= 0.3 is 12.2 Å². The minimum absolute atomic E-state index is 0.209. The number of halogens is 4. The molecule has 1 fully saturated rings. The molecule has 0 aromatic heterocycles. The van der Waals surface area contributed by atoms with E-state index in [0.29, 0.717) is 24.8 Å². The molecule has 0 spiro atoms. The number of imide groups is 1. The Balaban J connectivity index is 2.44. The van der Waals surface area contributed by atoms with E-state index < -0.39 is 34.8 Å². The van der Waals surface area contributed by atoms with Gasteiger partial charge in [-0.05, 0) is 44.9 Å². The number of carbonyl (C=O) groups is 2. The van der Waals surface area contributed by atoms with E-state index in [0.717, 1.165) is 11.0 Å². The maximum atomic E-state index is 13.2. The molecular formula is C17H17ClF3N3O2. The third-order valence-electron chi connectivity index (χ3n) is 4.28. The minimum atomic E-state index is -4.78. The summed E-state index contributed by atoms with van der Waals surface area (Å²) < 4.78 is 39.5. The standard InChI is InChI=1S/C17H17ClF3N3O2/c1-16(2)14(25)24(15(26)23(16)8-4-3-7-18)12-6-5-11(10-22)13(9-12)17(19,20)21/h5-6,9H,3-4,7-8H2,1-2H3. The normalized spacial score (nSPS) is 17.0. The predicted octanol–water partition coefficient (Wildman–Crippen LogP) is 4.14. The van der Waals surface area contributed by atoms with Crippen molar-refractivity contribution in [3.8, 4) is 6.07 Å². The second kappa shape index (κ2) is 7.16. The van der Waals surface area contributed by atoms with E-state index in [1.807, 2.05) is 0 Å². The average Bonchev–Trinajstić information content (AvgIpc) is 2.73. The second-order valence-electron chi connectivity index (χ2n) is 6.37. The summed E-state index contributed by atoms with van der Waals surface area (Å²) in [6, 6.07) is 3.57. The Morgan fingerprint density at radius 1 is 1.23 bits per heavy atom. The van der Waals surface area contributed by atoms with Crippen LogP contribution in [0.2, 0.25) is 0 Å². The number of nitriles is 1. The summed E-state index contributed by atoms with van der Waals surface area (Å²) >= 11 is 5.62. The summed E-state index contributed by atoms with van der Waals surface area (Å²) in [4.78, 5) is 27.4. The minimum Gasteiger partial charge on any atom is -0.310 e. The number of anilines is 1. The number of rotatable bonds is 5. The first-order valence-corrected chi connectivity index (χ1v) is 8.42. The van der Waals surface area contributed by atoms with Gasteiger partial charge in [-0.3, -0.25) is 4.79 Å². The van der Waals surface area contributed by atoms with Crippen molar-refractivity contribution in [2.75, 3.05) is 17.3 Å². The SMILES string of the molecule is CC1(C)C(=O)N(c2ccc(C#N)c(C(F)(F)F)c2)C(=O)N1CCCCCl. The van der Waals surface area contributed by atoms with Crippen molar-refractivity contribution < 1.29 is 22.8 Å². The van der Waals surface area contributed by atoms with Crippen LogP contribution in [0.5, 0.6) is 0 Å². The molecule has 1 aromatic carbocycles. The molecule has 0 atom stereocenters. The molecule has 0 radical (unpaired) electrons. The summed E-state index contributed by atoms with van der Waals surface area (Å²) in [6.07, 6.45) is -3.56. The van der Waals surface area contributed by atoms with Crippen molar-refractivity contribution >= 4 is 29.2 Å². The van der Waals surface area contributed by atoms with Crippen LogP contribution < -0.4 is 4.90 Å². The predicted molar refractivity (Wildman–Crippen MR) is 89.8 cm³/mol. The number of carbonyl (C=O) groups excluding carboxylic acids is 2. The number of hydrogen-bond acceptors (Lipinski definition) is 3.